The SMILES string of the molecule is CC[C@H]1CCNC1C(=O)NC(CCSC)C(=O)OC(C)C. The molecular formula is C15H28N2O3S. The monoisotopic (exact) mass is 316 g/mol. The third kappa shape index (κ3) is 5.87. The molecule has 2 N–H and O–H groups in total. The van der Waals surface area contributed by atoms with E-state index in [2.05, 4.69) is 17.6 Å². The lowest BCUT2D eigenvalue weighted by molar-refractivity contribution is -0.151. The third-order valence-electron chi connectivity index (χ3n) is 3.72. The van der Waals surface area contributed by atoms with Crippen LogP contribution in [-0.2, 0) is 14.3 Å². The summed E-state index contributed by atoms with van der Waals surface area (Å²) in [6.45, 7) is 6.59. The average Bonchev–Trinajstić information content (AvgIpc) is 2.90. The summed E-state index contributed by atoms with van der Waals surface area (Å²) in [5.41, 5.74) is 0. The first kappa shape index (κ1) is 18.3. The summed E-state index contributed by atoms with van der Waals surface area (Å²) in [5.74, 6) is 0.755. The van der Waals surface area contributed by atoms with Gasteiger partial charge in [-0.1, -0.05) is 13.3 Å². The minimum Gasteiger partial charge on any atom is -0.461 e. The van der Waals surface area contributed by atoms with Gasteiger partial charge in [-0.2, -0.15) is 11.8 Å². The average molecular weight is 316 g/mol. The first-order valence-corrected chi connectivity index (χ1v) is 9.12. The van der Waals surface area contributed by atoms with Crippen molar-refractivity contribution in [1.29, 1.82) is 0 Å². The van der Waals surface area contributed by atoms with Crippen LogP contribution in [0.3, 0.4) is 0 Å². The van der Waals surface area contributed by atoms with Crippen molar-refractivity contribution < 1.29 is 14.3 Å². The number of carbonyl (C=O) groups is 2. The molecule has 0 saturated carbocycles. The van der Waals surface area contributed by atoms with E-state index in [9.17, 15) is 9.59 Å². The number of ether oxygens (including phenoxy) is 1. The molecule has 0 bridgehead atoms. The predicted molar refractivity (Wildman–Crippen MR) is 86.3 cm³/mol. The van der Waals surface area contributed by atoms with Gasteiger partial charge in [0.25, 0.3) is 0 Å². The van der Waals surface area contributed by atoms with Gasteiger partial charge in [-0.25, -0.2) is 4.79 Å². The van der Waals surface area contributed by atoms with Gasteiger partial charge in [0, 0.05) is 0 Å². The number of hydrogen-bond donors (Lipinski definition) is 2. The Kier molecular flexibility index (Phi) is 8.11. The smallest absolute Gasteiger partial charge is 0.328 e. The summed E-state index contributed by atoms with van der Waals surface area (Å²) in [7, 11) is 0. The predicted octanol–water partition coefficient (Wildman–Crippen LogP) is 1.56. The quantitative estimate of drug-likeness (QED) is 0.665. The Morgan fingerprint density at radius 2 is 2.14 bits per heavy atom. The van der Waals surface area contributed by atoms with E-state index < -0.39 is 6.04 Å². The minimum absolute atomic E-state index is 0.0776. The molecule has 3 atom stereocenters. The number of esters is 1. The summed E-state index contributed by atoms with van der Waals surface area (Å²) in [6, 6.07) is -0.731. The molecule has 1 aliphatic heterocycles. The molecule has 5 nitrogen and oxygen atoms in total. The van der Waals surface area contributed by atoms with Crippen LogP contribution in [0.4, 0.5) is 0 Å². The van der Waals surface area contributed by atoms with E-state index in [1.807, 2.05) is 20.1 Å². The molecule has 21 heavy (non-hydrogen) atoms. The maximum Gasteiger partial charge on any atom is 0.328 e. The normalized spacial score (nSPS) is 23.1. The summed E-state index contributed by atoms with van der Waals surface area (Å²) >= 11 is 1.66. The number of carbonyl (C=O) groups excluding carboxylic acids is 2. The molecule has 2 unspecified atom stereocenters. The van der Waals surface area contributed by atoms with Crippen molar-refractivity contribution in [2.24, 2.45) is 5.92 Å². The van der Waals surface area contributed by atoms with Gasteiger partial charge in [0.15, 0.2) is 0 Å². The molecule has 1 fully saturated rings. The Morgan fingerprint density at radius 1 is 1.43 bits per heavy atom. The molecule has 0 spiro atoms. The van der Waals surface area contributed by atoms with Crippen molar-refractivity contribution in [3.05, 3.63) is 0 Å². The van der Waals surface area contributed by atoms with Crippen molar-refractivity contribution in [3.8, 4) is 0 Å². The number of hydrogen-bond acceptors (Lipinski definition) is 5. The second-order valence-electron chi connectivity index (χ2n) is 5.72. The van der Waals surface area contributed by atoms with E-state index in [0.29, 0.717) is 12.3 Å². The topological polar surface area (TPSA) is 67.4 Å². The van der Waals surface area contributed by atoms with Crippen LogP contribution >= 0.6 is 11.8 Å². The molecule has 0 aromatic heterocycles. The Morgan fingerprint density at radius 3 is 2.71 bits per heavy atom. The fourth-order valence-electron chi connectivity index (χ4n) is 2.56. The van der Waals surface area contributed by atoms with Gasteiger partial charge in [-0.3, -0.25) is 4.79 Å². The molecule has 1 rings (SSSR count). The van der Waals surface area contributed by atoms with Crippen LogP contribution in [0.25, 0.3) is 0 Å². The molecular weight excluding hydrogens is 288 g/mol. The lowest BCUT2D eigenvalue weighted by Gasteiger charge is -2.23. The maximum atomic E-state index is 12.4. The van der Waals surface area contributed by atoms with Crippen molar-refractivity contribution in [2.45, 2.75) is 58.2 Å². The van der Waals surface area contributed by atoms with Crippen molar-refractivity contribution in [1.82, 2.24) is 10.6 Å². The van der Waals surface area contributed by atoms with E-state index in [-0.39, 0.29) is 24.0 Å². The third-order valence-corrected chi connectivity index (χ3v) is 4.37. The fraction of sp³-hybridized carbons (Fsp3) is 0.867. The second-order valence-corrected chi connectivity index (χ2v) is 6.70. The Bertz CT molecular complexity index is 350. The van der Waals surface area contributed by atoms with E-state index >= 15 is 0 Å². The van der Waals surface area contributed by atoms with Gasteiger partial charge in [0.05, 0.1) is 12.1 Å². The maximum absolute atomic E-state index is 12.4. The van der Waals surface area contributed by atoms with E-state index in [1.54, 1.807) is 11.8 Å². The number of amides is 1. The molecule has 122 valence electrons. The highest BCUT2D eigenvalue weighted by atomic mass is 32.2. The molecule has 1 saturated heterocycles. The molecule has 0 radical (unpaired) electrons. The number of thioether (sulfide) groups is 1. The lowest BCUT2D eigenvalue weighted by atomic mass is 9.97. The number of nitrogens with one attached hydrogen (secondary N) is 2. The molecule has 0 aromatic rings. The van der Waals surface area contributed by atoms with Crippen molar-refractivity contribution >= 4 is 23.6 Å². The zero-order valence-electron chi connectivity index (χ0n) is 13.5. The standard InChI is InChI=1S/C15H28N2O3S/c1-5-11-6-8-16-13(11)14(18)17-12(7-9-21-4)15(19)20-10(2)3/h10-13,16H,5-9H2,1-4H3,(H,17,18)/t11-,12?,13?/m0/s1. The van der Waals surface area contributed by atoms with Gasteiger partial charge < -0.3 is 15.4 Å². The van der Waals surface area contributed by atoms with Crippen molar-refractivity contribution in [2.75, 3.05) is 18.6 Å². The molecule has 1 aliphatic rings. The first-order valence-electron chi connectivity index (χ1n) is 7.72. The van der Waals surface area contributed by atoms with Gasteiger partial charge in [-0.05, 0) is 51.2 Å². The first-order chi connectivity index (χ1) is 9.99. The lowest BCUT2D eigenvalue weighted by Crippen LogP contribution is -2.51. The Labute approximate surface area is 132 Å². The van der Waals surface area contributed by atoms with Gasteiger partial charge in [0.1, 0.15) is 6.04 Å². The summed E-state index contributed by atoms with van der Waals surface area (Å²) in [4.78, 5) is 24.5. The molecule has 6 heteroatoms. The zero-order chi connectivity index (χ0) is 15.8. The summed E-state index contributed by atoms with van der Waals surface area (Å²) < 4.78 is 5.24. The second kappa shape index (κ2) is 9.30. The van der Waals surface area contributed by atoms with Crippen LogP contribution in [-0.4, -0.2) is 48.6 Å². The fourth-order valence-corrected chi connectivity index (χ4v) is 3.04. The Balaban J connectivity index is 2.62. The van der Waals surface area contributed by atoms with E-state index in [0.717, 1.165) is 25.1 Å². The van der Waals surface area contributed by atoms with Crippen LogP contribution in [0.2, 0.25) is 0 Å². The Hall–Kier alpha value is -0.750. The molecule has 0 aromatic carbocycles. The molecule has 1 heterocycles. The minimum atomic E-state index is -0.549. The highest BCUT2D eigenvalue weighted by Crippen LogP contribution is 2.19. The van der Waals surface area contributed by atoms with E-state index in [1.165, 1.54) is 0 Å². The van der Waals surface area contributed by atoms with Crippen LogP contribution in [0.5, 0.6) is 0 Å². The van der Waals surface area contributed by atoms with Crippen molar-refractivity contribution in [3.63, 3.8) is 0 Å². The highest BCUT2D eigenvalue weighted by molar-refractivity contribution is 7.98. The van der Waals surface area contributed by atoms with Crippen LogP contribution < -0.4 is 10.6 Å². The molecule has 1 amide bonds. The van der Waals surface area contributed by atoms with Gasteiger partial charge >= 0.3 is 5.97 Å². The zero-order valence-corrected chi connectivity index (χ0v) is 14.3. The van der Waals surface area contributed by atoms with Gasteiger partial charge in [0.2, 0.25) is 5.91 Å². The van der Waals surface area contributed by atoms with Crippen LogP contribution in [0.15, 0.2) is 0 Å². The van der Waals surface area contributed by atoms with Crippen LogP contribution in [0.1, 0.15) is 40.0 Å². The van der Waals surface area contributed by atoms with E-state index in [4.69, 9.17) is 4.74 Å². The van der Waals surface area contributed by atoms with Crippen LogP contribution in [0, 0.1) is 5.92 Å². The summed E-state index contributed by atoms with van der Waals surface area (Å²) in [5, 5.41) is 6.10. The highest BCUT2D eigenvalue weighted by Gasteiger charge is 2.33. The number of rotatable bonds is 8. The molecule has 0 aliphatic carbocycles. The van der Waals surface area contributed by atoms with Gasteiger partial charge in [-0.15, -0.1) is 0 Å². The largest absolute Gasteiger partial charge is 0.461 e. The summed E-state index contributed by atoms with van der Waals surface area (Å²) in [6.07, 6.45) is 4.40.